The zero-order valence-corrected chi connectivity index (χ0v) is 11.0. The van der Waals surface area contributed by atoms with E-state index >= 15 is 0 Å². The third-order valence-corrected chi connectivity index (χ3v) is 2.73. The Morgan fingerprint density at radius 1 is 1.33 bits per heavy atom. The summed E-state index contributed by atoms with van der Waals surface area (Å²) in [4.78, 5) is 33.4. The lowest BCUT2D eigenvalue weighted by Crippen LogP contribution is -2.33. The van der Waals surface area contributed by atoms with E-state index in [0.717, 1.165) is 4.90 Å². The molecule has 1 rings (SSSR count). The van der Waals surface area contributed by atoms with Crippen molar-refractivity contribution in [2.75, 3.05) is 13.1 Å². The summed E-state index contributed by atoms with van der Waals surface area (Å²) >= 11 is 0. The fraction of sp³-hybridized carbons (Fsp3) is 0.333. The van der Waals surface area contributed by atoms with Crippen molar-refractivity contribution in [3.05, 3.63) is 39.4 Å². The van der Waals surface area contributed by atoms with Gasteiger partial charge < -0.3 is 10.0 Å². The second-order valence-electron chi connectivity index (χ2n) is 4.07. The van der Waals surface area contributed by atoms with E-state index in [-0.39, 0.29) is 19.5 Å². The van der Waals surface area contributed by atoms with Crippen LogP contribution in [-0.2, 0) is 4.79 Å². The lowest BCUT2D eigenvalue weighted by Gasteiger charge is -2.19. The van der Waals surface area contributed by atoms with Crippen LogP contribution in [0.3, 0.4) is 0 Å². The molecule has 0 aromatic heterocycles. The maximum absolute atomic E-state index is 13.2. The highest BCUT2D eigenvalue weighted by atomic mass is 19.2. The monoisotopic (exact) mass is 302 g/mol. The van der Waals surface area contributed by atoms with Gasteiger partial charge in [0.15, 0.2) is 11.6 Å². The Balaban J connectivity index is 3.18. The van der Waals surface area contributed by atoms with Crippen molar-refractivity contribution in [3.8, 4) is 0 Å². The van der Waals surface area contributed by atoms with Crippen molar-refractivity contribution in [2.45, 2.75) is 13.3 Å². The molecule has 0 atom stereocenters. The van der Waals surface area contributed by atoms with Crippen LogP contribution in [0.1, 0.15) is 23.7 Å². The van der Waals surface area contributed by atoms with Crippen molar-refractivity contribution >= 4 is 17.6 Å². The Bertz CT molecular complexity index is 591. The van der Waals surface area contributed by atoms with Gasteiger partial charge in [-0.3, -0.25) is 19.7 Å². The number of carboxylic acid groups (broad SMARTS) is 1. The van der Waals surface area contributed by atoms with Crippen molar-refractivity contribution < 1.29 is 28.4 Å². The first-order chi connectivity index (χ1) is 9.77. The van der Waals surface area contributed by atoms with Gasteiger partial charge in [0.05, 0.1) is 17.4 Å². The summed E-state index contributed by atoms with van der Waals surface area (Å²) in [6.07, 6.45) is -0.364. The summed E-state index contributed by atoms with van der Waals surface area (Å²) in [5, 5.41) is 19.4. The molecule has 7 nitrogen and oxygen atoms in total. The molecule has 0 bridgehead atoms. The average molecular weight is 302 g/mol. The Morgan fingerprint density at radius 2 is 1.90 bits per heavy atom. The van der Waals surface area contributed by atoms with E-state index in [1.54, 1.807) is 0 Å². The van der Waals surface area contributed by atoms with Gasteiger partial charge in [0.25, 0.3) is 11.6 Å². The Labute approximate surface area is 117 Å². The lowest BCUT2D eigenvalue weighted by molar-refractivity contribution is -0.385. The number of rotatable bonds is 6. The SMILES string of the molecule is CCN(CCC(=O)O)C(=O)c1cc(F)c(F)cc1[N+](=O)[O-]. The van der Waals surface area contributed by atoms with Gasteiger partial charge in [-0.15, -0.1) is 0 Å². The van der Waals surface area contributed by atoms with E-state index in [1.807, 2.05) is 0 Å². The average Bonchev–Trinajstić information content (AvgIpc) is 2.41. The molecule has 0 spiro atoms. The minimum atomic E-state index is -1.44. The molecule has 0 fully saturated rings. The fourth-order valence-electron chi connectivity index (χ4n) is 1.66. The molecule has 0 unspecified atom stereocenters. The normalized spacial score (nSPS) is 10.2. The molecule has 1 aromatic carbocycles. The minimum Gasteiger partial charge on any atom is -0.481 e. The van der Waals surface area contributed by atoms with Crippen molar-refractivity contribution in [2.24, 2.45) is 0 Å². The standard InChI is InChI=1S/C12H12F2N2O5/c1-2-15(4-3-11(17)18)12(19)7-5-8(13)9(14)6-10(7)16(20)21/h5-6H,2-4H2,1H3,(H,17,18). The summed E-state index contributed by atoms with van der Waals surface area (Å²) in [7, 11) is 0. The molecular weight excluding hydrogens is 290 g/mol. The number of hydrogen-bond donors (Lipinski definition) is 1. The minimum absolute atomic E-state index is 0.0717. The largest absolute Gasteiger partial charge is 0.481 e. The van der Waals surface area contributed by atoms with Crippen LogP contribution in [0.25, 0.3) is 0 Å². The summed E-state index contributed by atoms with van der Waals surface area (Å²) in [5.74, 6) is -4.91. The van der Waals surface area contributed by atoms with Gasteiger partial charge in [0.1, 0.15) is 5.56 Å². The molecule has 21 heavy (non-hydrogen) atoms. The van der Waals surface area contributed by atoms with Crippen molar-refractivity contribution in [1.29, 1.82) is 0 Å². The number of carbonyl (C=O) groups is 2. The Kier molecular flexibility index (Phi) is 5.28. The quantitative estimate of drug-likeness (QED) is 0.638. The van der Waals surface area contributed by atoms with E-state index in [0.29, 0.717) is 12.1 Å². The molecule has 114 valence electrons. The molecule has 0 saturated heterocycles. The third kappa shape index (κ3) is 3.94. The van der Waals surface area contributed by atoms with Gasteiger partial charge in [-0.25, -0.2) is 8.78 Å². The molecule has 9 heteroatoms. The van der Waals surface area contributed by atoms with Crippen LogP contribution >= 0.6 is 0 Å². The number of aliphatic carboxylic acids is 1. The number of amides is 1. The van der Waals surface area contributed by atoms with Crippen LogP contribution in [0.2, 0.25) is 0 Å². The first-order valence-corrected chi connectivity index (χ1v) is 5.92. The summed E-state index contributed by atoms with van der Waals surface area (Å²) in [6.45, 7) is 1.41. The lowest BCUT2D eigenvalue weighted by atomic mass is 10.1. The highest BCUT2D eigenvalue weighted by molar-refractivity contribution is 5.98. The summed E-state index contributed by atoms with van der Waals surface area (Å²) in [5.41, 5.74) is -1.49. The van der Waals surface area contributed by atoms with Gasteiger partial charge >= 0.3 is 5.97 Å². The molecule has 0 heterocycles. The van der Waals surface area contributed by atoms with Gasteiger partial charge in [0.2, 0.25) is 0 Å². The Hall–Kier alpha value is -2.58. The van der Waals surface area contributed by atoms with Crippen molar-refractivity contribution in [3.63, 3.8) is 0 Å². The molecule has 0 aliphatic heterocycles. The smallest absolute Gasteiger partial charge is 0.305 e. The van der Waals surface area contributed by atoms with Crippen LogP contribution in [-0.4, -0.2) is 39.9 Å². The van der Waals surface area contributed by atoms with Gasteiger partial charge in [-0.1, -0.05) is 0 Å². The number of benzene rings is 1. The van der Waals surface area contributed by atoms with Crippen molar-refractivity contribution in [1.82, 2.24) is 4.90 Å². The van der Waals surface area contributed by atoms with Crippen LogP contribution in [0.5, 0.6) is 0 Å². The molecular formula is C12H12F2N2O5. The molecule has 0 radical (unpaired) electrons. The number of halogens is 2. The molecule has 1 aromatic rings. The van der Waals surface area contributed by atoms with Gasteiger partial charge in [-0.2, -0.15) is 0 Å². The molecule has 0 aliphatic rings. The number of hydrogen-bond acceptors (Lipinski definition) is 4. The topological polar surface area (TPSA) is 101 Å². The number of nitrogens with zero attached hydrogens (tertiary/aromatic N) is 2. The number of carboxylic acids is 1. The highest BCUT2D eigenvalue weighted by Gasteiger charge is 2.27. The molecule has 1 amide bonds. The Morgan fingerprint density at radius 3 is 2.38 bits per heavy atom. The fourth-order valence-corrected chi connectivity index (χ4v) is 1.66. The predicted molar refractivity (Wildman–Crippen MR) is 66.8 cm³/mol. The second kappa shape index (κ2) is 6.73. The molecule has 1 N–H and O–H groups in total. The maximum atomic E-state index is 13.2. The first-order valence-electron chi connectivity index (χ1n) is 5.92. The second-order valence-corrected chi connectivity index (χ2v) is 4.07. The zero-order valence-electron chi connectivity index (χ0n) is 11.0. The number of nitro benzene ring substituents is 1. The van der Waals surface area contributed by atoms with Gasteiger partial charge in [-0.05, 0) is 13.0 Å². The molecule has 0 aliphatic carbocycles. The number of nitro groups is 1. The molecule has 0 saturated carbocycles. The van der Waals surface area contributed by atoms with E-state index in [4.69, 9.17) is 5.11 Å². The van der Waals surface area contributed by atoms with Crippen LogP contribution < -0.4 is 0 Å². The summed E-state index contributed by atoms with van der Waals surface area (Å²) < 4.78 is 26.2. The third-order valence-electron chi connectivity index (χ3n) is 2.73. The highest BCUT2D eigenvalue weighted by Crippen LogP contribution is 2.23. The van der Waals surface area contributed by atoms with Crippen LogP contribution in [0.15, 0.2) is 12.1 Å². The van der Waals surface area contributed by atoms with Gasteiger partial charge in [0, 0.05) is 13.1 Å². The first kappa shape index (κ1) is 16.5. The predicted octanol–water partition coefficient (Wildman–Crippen LogP) is 1.81. The van der Waals surface area contributed by atoms with E-state index in [9.17, 15) is 28.5 Å². The van der Waals surface area contributed by atoms with Crippen LogP contribution in [0.4, 0.5) is 14.5 Å². The van der Waals surface area contributed by atoms with E-state index in [2.05, 4.69) is 0 Å². The summed E-state index contributed by atoms with van der Waals surface area (Å²) in [6, 6.07) is 0.771. The van der Waals surface area contributed by atoms with E-state index < -0.39 is 39.7 Å². The zero-order chi connectivity index (χ0) is 16.2. The maximum Gasteiger partial charge on any atom is 0.305 e. The van der Waals surface area contributed by atoms with E-state index in [1.165, 1.54) is 6.92 Å². The number of carbonyl (C=O) groups excluding carboxylic acids is 1. The van der Waals surface area contributed by atoms with Crippen LogP contribution in [0, 0.1) is 21.7 Å².